The maximum atomic E-state index is 12.9. The second-order valence-corrected chi connectivity index (χ2v) is 10.9. The van der Waals surface area contributed by atoms with E-state index in [1.807, 2.05) is 13.8 Å². The van der Waals surface area contributed by atoms with Crippen molar-refractivity contribution in [3.63, 3.8) is 0 Å². The molecule has 38 heavy (non-hydrogen) atoms. The number of ether oxygens (including phenoxy) is 1. The molecule has 202 valence electrons. The monoisotopic (exact) mass is 577 g/mol. The molecule has 2 N–H and O–H groups in total. The lowest BCUT2D eigenvalue weighted by molar-refractivity contribution is -0.113. The zero-order valence-electron chi connectivity index (χ0n) is 21.6. The number of rotatable bonds is 10. The van der Waals surface area contributed by atoms with E-state index in [0.29, 0.717) is 37.8 Å². The first-order valence-corrected chi connectivity index (χ1v) is 13.6. The van der Waals surface area contributed by atoms with Gasteiger partial charge >= 0.3 is 5.97 Å². The number of nitrogens with one attached hydrogen (secondary N) is 2. The average Bonchev–Trinajstić information content (AvgIpc) is 3.22. The third kappa shape index (κ3) is 7.72. The molecule has 9 nitrogen and oxygen atoms in total. The van der Waals surface area contributed by atoms with E-state index in [4.69, 9.17) is 27.9 Å². The minimum atomic E-state index is -0.456. The predicted octanol–water partition coefficient (Wildman–Crippen LogP) is 5.55. The van der Waals surface area contributed by atoms with Crippen LogP contribution in [-0.2, 0) is 16.6 Å². The summed E-state index contributed by atoms with van der Waals surface area (Å²) in [5, 5.41) is 15.4. The Labute approximate surface area is 235 Å². The molecule has 2 aromatic carbocycles. The largest absolute Gasteiger partial charge is 0.459 e. The van der Waals surface area contributed by atoms with E-state index in [1.54, 1.807) is 61.9 Å². The van der Waals surface area contributed by atoms with E-state index >= 15 is 0 Å². The van der Waals surface area contributed by atoms with Crippen molar-refractivity contribution in [3.05, 3.63) is 69.5 Å². The zero-order valence-corrected chi connectivity index (χ0v) is 23.9. The van der Waals surface area contributed by atoms with Gasteiger partial charge in [0.25, 0.3) is 5.91 Å². The number of hydrogen-bond donors (Lipinski definition) is 2. The van der Waals surface area contributed by atoms with E-state index in [2.05, 4.69) is 20.8 Å². The van der Waals surface area contributed by atoms with Gasteiger partial charge in [0, 0.05) is 18.3 Å². The molecule has 1 heterocycles. The van der Waals surface area contributed by atoms with Gasteiger partial charge in [0.15, 0.2) is 11.0 Å². The number of benzene rings is 2. The van der Waals surface area contributed by atoms with Crippen molar-refractivity contribution in [3.8, 4) is 0 Å². The van der Waals surface area contributed by atoms with Crippen LogP contribution < -0.4 is 10.6 Å². The maximum Gasteiger partial charge on any atom is 0.338 e. The van der Waals surface area contributed by atoms with E-state index in [1.165, 1.54) is 17.8 Å². The van der Waals surface area contributed by atoms with E-state index < -0.39 is 12.0 Å². The van der Waals surface area contributed by atoms with Gasteiger partial charge in [0.05, 0.1) is 33.5 Å². The molecule has 0 unspecified atom stereocenters. The Balaban J connectivity index is 1.64. The molecular weight excluding hydrogens is 549 g/mol. The highest BCUT2D eigenvalue weighted by Gasteiger charge is 2.25. The van der Waals surface area contributed by atoms with Crippen LogP contribution >= 0.6 is 35.0 Å². The normalized spacial score (nSPS) is 11.9. The third-order valence-electron chi connectivity index (χ3n) is 5.34. The maximum absolute atomic E-state index is 12.9. The lowest BCUT2D eigenvalue weighted by Gasteiger charge is -2.22. The molecule has 0 spiro atoms. The van der Waals surface area contributed by atoms with Gasteiger partial charge in [-0.3, -0.25) is 9.59 Å². The first-order valence-electron chi connectivity index (χ1n) is 11.8. The van der Waals surface area contributed by atoms with Gasteiger partial charge in [0.1, 0.15) is 0 Å². The highest BCUT2D eigenvalue weighted by Crippen LogP contribution is 2.26. The summed E-state index contributed by atoms with van der Waals surface area (Å²) in [6, 6.07) is 10.8. The van der Waals surface area contributed by atoms with Crippen LogP contribution in [0, 0.1) is 5.92 Å². The smallest absolute Gasteiger partial charge is 0.338 e. The van der Waals surface area contributed by atoms with E-state index in [9.17, 15) is 14.4 Å². The fourth-order valence-electron chi connectivity index (χ4n) is 3.45. The topological polar surface area (TPSA) is 115 Å². The number of amides is 2. The lowest BCUT2D eigenvalue weighted by Crippen LogP contribution is -2.33. The summed E-state index contributed by atoms with van der Waals surface area (Å²) in [6.45, 7) is 7.46. The molecule has 1 aromatic heterocycles. The van der Waals surface area contributed by atoms with Gasteiger partial charge in [0.2, 0.25) is 5.91 Å². The van der Waals surface area contributed by atoms with Crippen molar-refractivity contribution in [2.24, 2.45) is 13.0 Å². The van der Waals surface area contributed by atoms with Crippen LogP contribution in [-0.4, -0.2) is 44.4 Å². The minimum Gasteiger partial charge on any atom is -0.459 e. The Bertz CT molecular complexity index is 1330. The summed E-state index contributed by atoms with van der Waals surface area (Å²) in [5.41, 5.74) is 1.21. The molecule has 0 radical (unpaired) electrons. The van der Waals surface area contributed by atoms with Crippen LogP contribution in [0.1, 0.15) is 60.3 Å². The van der Waals surface area contributed by atoms with Crippen LogP contribution in [0.3, 0.4) is 0 Å². The van der Waals surface area contributed by atoms with Crippen LogP contribution in [0.4, 0.5) is 5.69 Å². The van der Waals surface area contributed by atoms with Crippen molar-refractivity contribution in [2.75, 3.05) is 11.1 Å². The number of carbonyl (C=O) groups excluding carboxylic acids is 3. The Kier molecular flexibility index (Phi) is 10.2. The van der Waals surface area contributed by atoms with Crippen LogP contribution in [0.25, 0.3) is 0 Å². The third-order valence-corrected chi connectivity index (χ3v) is 7.10. The summed E-state index contributed by atoms with van der Waals surface area (Å²) in [4.78, 5) is 37.6. The molecule has 2 amide bonds. The molecule has 0 fully saturated rings. The van der Waals surface area contributed by atoms with Gasteiger partial charge in [-0.15, -0.1) is 10.2 Å². The summed E-state index contributed by atoms with van der Waals surface area (Å²) in [5.74, 6) is -0.439. The zero-order chi connectivity index (χ0) is 28.0. The van der Waals surface area contributed by atoms with Gasteiger partial charge in [-0.2, -0.15) is 0 Å². The number of halogens is 2. The van der Waals surface area contributed by atoms with Gasteiger partial charge in [-0.25, -0.2) is 4.79 Å². The number of nitrogens with zero attached hydrogens (tertiary/aromatic N) is 3. The number of esters is 1. The van der Waals surface area contributed by atoms with Crippen LogP contribution in [0.15, 0.2) is 47.6 Å². The molecule has 12 heteroatoms. The quantitative estimate of drug-likeness (QED) is 0.240. The second-order valence-electron chi connectivity index (χ2n) is 9.10. The Morgan fingerprint density at radius 2 is 1.74 bits per heavy atom. The van der Waals surface area contributed by atoms with Crippen molar-refractivity contribution in [2.45, 2.75) is 45.0 Å². The first kappa shape index (κ1) is 29.5. The summed E-state index contributed by atoms with van der Waals surface area (Å²) in [6.07, 6.45) is -0.243. The molecule has 3 aromatic rings. The number of aromatic nitrogens is 3. The van der Waals surface area contributed by atoms with Crippen LogP contribution in [0.2, 0.25) is 10.0 Å². The fraction of sp³-hybridized carbons (Fsp3) is 0.346. The summed E-state index contributed by atoms with van der Waals surface area (Å²) < 4.78 is 6.95. The Morgan fingerprint density at radius 3 is 2.39 bits per heavy atom. The van der Waals surface area contributed by atoms with Crippen molar-refractivity contribution >= 4 is 58.4 Å². The molecule has 0 bridgehead atoms. The van der Waals surface area contributed by atoms with Crippen LogP contribution in [0.5, 0.6) is 0 Å². The van der Waals surface area contributed by atoms with Gasteiger partial charge < -0.3 is 19.9 Å². The standard InChI is InChI=1S/C26H29Cl2N5O4S/c1-14(2)22(30-24(35)16-9-10-19(27)20(28)12-16)23-31-32-26(33(23)5)38-13-21(34)29-18-8-6-7-17(11-18)25(36)37-15(3)4/h6-12,14-15,22H,13H2,1-5H3,(H,29,34)(H,30,35)/t22-/m0/s1. The number of anilines is 1. The average molecular weight is 579 g/mol. The molecular formula is C26H29Cl2N5O4S. The number of thioether (sulfide) groups is 1. The molecule has 0 aliphatic rings. The highest BCUT2D eigenvalue weighted by molar-refractivity contribution is 7.99. The van der Waals surface area contributed by atoms with E-state index in [0.717, 1.165) is 0 Å². The SMILES string of the molecule is CC(C)OC(=O)c1cccc(NC(=O)CSc2nnc([C@@H](NC(=O)c3ccc(Cl)c(Cl)c3)C(C)C)n2C)c1. The fourth-order valence-corrected chi connectivity index (χ4v) is 4.46. The summed E-state index contributed by atoms with van der Waals surface area (Å²) in [7, 11) is 1.78. The van der Waals surface area contributed by atoms with Crippen molar-refractivity contribution in [1.82, 2.24) is 20.1 Å². The minimum absolute atomic E-state index is 0.000401. The molecule has 0 saturated heterocycles. The van der Waals surface area contributed by atoms with Crippen molar-refractivity contribution < 1.29 is 19.1 Å². The van der Waals surface area contributed by atoms with E-state index in [-0.39, 0.29) is 29.6 Å². The lowest BCUT2D eigenvalue weighted by atomic mass is 10.0. The molecule has 0 saturated carbocycles. The Morgan fingerprint density at radius 1 is 1.00 bits per heavy atom. The molecule has 1 atom stereocenters. The highest BCUT2D eigenvalue weighted by atomic mass is 35.5. The first-order chi connectivity index (χ1) is 18.0. The second kappa shape index (κ2) is 13.1. The predicted molar refractivity (Wildman–Crippen MR) is 149 cm³/mol. The number of carbonyl (C=O) groups is 3. The Hall–Kier alpha value is -3.08. The summed E-state index contributed by atoms with van der Waals surface area (Å²) >= 11 is 13.2. The van der Waals surface area contributed by atoms with Crippen molar-refractivity contribution in [1.29, 1.82) is 0 Å². The molecule has 0 aliphatic heterocycles. The van der Waals surface area contributed by atoms with Gasteiger partial charge in [-0.1, -0.05) is 54.9 Å². The molecule has 0 aliphatic carbocycles. The number of hydrogen-bond acceptors (Lipinski definition) is 7. The molecule has 3 rings (SSSR count). The van der Waals surface area contributed by atoms with Gasteiger partial charge in [-0.05, 0) is 56.2 Å².